The van der Waals surface area contributed by atoms with Gasteiger partial charge in [-0.2, -0.15) is 0 Å². The quantitative estimate of drug-likeness (QED) is 0.513. The van der Waals surface area contributed by atoms with Crippen molar-refractivity contribution >= 4 is 23.4 Å². The maximum atomic E-state index is 9.78. The molecule has 134 valence electrons. The molecule has 2 atom stereocenters. The van der Waals surface area contributed by atoms with Crippen LogP contribution >= 0.6 is 11.8 Å². The van der Waals surface area contributed by atoms with Crippen molar-refractivity contribution in [2.24, 2.45) is 11.8 Å². The zero-order chi connectivity index (χ0) is 17.1. The molecule has 7 nitrogen and oxygen atoms in total. The third-order valence-corrected chi connectivity index (χ3v) is 5.63. The molecule has 2 aliphatic heterocycles. The van der Waals surface area contributed by atoms with Gasteiger partial charge in [0.05, 0.1) is 6.10 Å². The molecule has 0 saturated carbocycles. The topological polar surface area (TPSA) is 98.7 Å². The van der Waals surface area contributed by atoms with Crippen molar-refractivity contribution in [2.75, 3.05) is 56.2 Å². The van der Waals surface area contributed by atoms with E-state index in [0.717, 1.165) is 51.4 Å². The Balaban J connectivity index is 1.66. The molecule has 1 aromatic heterocycles. The van der Waals surface area contributed by atoms with E-state index >= 15 is 0 Å². The van der Waals surface area contributed by atoms with E-state index in [2.05, 4.69) is 19.8 Å². The van der Waals surface area contributed by atoms with Crippen LogP contribution in [0.2, 0.25) is 0 Å². The summed E-state index contributed by atoms with van der Waals surface area (Å²) in [4.78, 5) is 13.4. The van der Waals surface area contributed by atoms with Gasteiger partial charge >= 0.3 is 0 Å². The van der Waals surface area contributed by atoms with E-state index in [1.807, 2.05) is 12.3 Å². The fourth-order valence-corrected chi connectivity index (χ4v) is 4.04. The van der Waals surface area contributed by atoms with Crippen LogP contribution in [-0.4, -0.2) is 76.8 Å². The summed E-state index contributed by atoms with van der Waals surface area (Å²) in [6, 6.07) is 1.81. The van der Waals surface area contributed by atoms with E-state index in [0.29, 0.717) is 16.9 Å². The molecule has 1 aromatic rings. The van der Waals surface area contributed by atoms with E-state index in [1.54, 1.807) is 0 Å². The van der Waals surface area contributed by atoms with Gasteiger partial charge in [0.1, 0.15) is 11.6 Å². The normalized spacial score (nSPS) is 26.2. The lowest BCUT2D eigenvalue weighted by Crippen LogP contribution is -2.40. The molecular weight excluding hydrogens is 326 g/mol. The number of rotatable bonds is 5. The number of aromatic nitrogens is 2. The number of aliphatic hydroxyl groups excluding tert-OH is 2. The molecule has 0 aliphatic carbocycles. The minimum Gasteiger partial charge on any atom is -0.396 e. The summed E-state index contributed by atoms with van der Waals surface area (Å²) in [6.07, 6.45) is 3.48. The average molecular weight is 353 g/mol. The predicted molar refractivity (Wildman–Crippen MR) is 96.2 cm³/mol. The lowest BCUT2D eigenvalue weighted by molar-refractivity contribution is 0.0687. The first-order chi connectivity index (χ1) is 11.6. The number of hydrogen-bond donors (Lipinski definition) is 3. The van der Waals surface area contributed by atoms with E-state index in [9.17, 15) is 10.2 Å². The smallest absolute Gasteiger partial charge is 0.191 e. The molecule has 3 heterocycles. The number of nitrogen functional groups attached to an aromatic ring is 1. The van der Waals surface area contributed by atoms with Crippen molar-refractivity contribution in [3.05, 3.63) is 6.07 Å². The van der Waals surface area contributed by atoms with Crippen molar-refractivity contribution in [3.63, 3.8) is 0 Å². The van der Waals surface area contributed by atoms with Crippen molar-refractivity contribution in [1.29, 1.82) is 0 Å². The van der Waals surface area contributed by atoms with Gasteiger partial charge in [-0.25, -0.2) is 9.97 Å². The number of nitrogens with two attached hydrogens (primary N) is 1. The van der Waals surface area contributed by atoms with Crippen LogP contribution in [0.5, 0.6) is 0 Å². The standard InChI is InChI=1S/C16H27N5O2S/c1-24-16-18-14(17)6-15(19-16)21-8-11(12(9-21)10-22)7-20-4-2-13(23)3-5-20/h6,11-13,22-23H,2-5,7-10H2,1H3,(H2,17,18,19)/t11-,12-/m1/s1. The Bertz CT molecular complexity index is 553. The number of piperidine rings is 1. The summed E-state index contributed by atoms with van der Waals surface area (Å²) in [5.41, 5.74) is 5.89. The molecule has 3 rings (SSSR count). The van der Waals surface area contributed by atoms with Crippen LogP contribution in [0.4, 0.5) is 11.6 Å². The number of likely N-dealkylation sites (tertiary alicyclic amines) is 1. The van der Waals surface area contributed by atoms with Crippen molar-refractivity contribution in [2.45, 2.75) is 24.1 Å². The predicted octanol–water partition coefficient (Wildman–Crippen LogP) is 0.282. The second-order valence-electron chi connectivity index (χ2n) is 6.78. The first-order valence-corrected chi connectivity index (χ1v) is 9.76. The Morgan fingerprint density at radius 2 is 1.96 bits per heavy atom. The monoisotopic (exact) mass is 353 g/mol. The maximum absolute atomic E-state index is 9.78. The van der Waals surface area contributed by atoms with Gasteiger partial charge in [0, 0.05) is 51.3 Å². The molecule has 2 fully saturated rings. The number of anilines is 2. The molecule has 0 spiro atoms. The van der Waals surface area contributed by atoms with E-state index in [1.165, 1.54) is 11.8 Å². The molecule has 0 unspecified atom stereocenters. The molecule has 8 heteroatoms. The largest absolute Gasteiger partial charge is 0.396 e. The van der Waals surface area contributed by atoms with E-state index < -0.39 is 0 Å². The van der Waals surface area contributed by atoms with Crippen LogP contribution < -0.4 is 10.6 Å². The van der Waals surface area contributed by atoms with Gasteiger partial charge in [-0.3, -0.25) is 0 Å². The number of thioether (sulfide) groups is 1. The Hall–Kier alpha value is -1.09. The molecule has 0 bridgehead atoms. The minimum absolute atomic E-state index is 0.149. The van der Waals surface area contributed by atoms with Crippen molar-refractivity contribution in [1.82, 2.24) is 14.9 Å². The second-order valence-corrected chi connectivity index (χ2v) is 7.55. The Kier molecular flexibility index (Phi) is 5.80. The number of nitrogens with zero attached hydrogens (tertiary/aromatic N) is 4. The highest BCUT2D eigenvalue weighted by Crippen LogP contribution is 2.30. The fourth-order valence-electron chi connectivity index (χ4n) is 3.66. The molecule has 24 heavy (non-hydrogen) atoms. The molecule has 0 amide bonds. The molecule has 2 saturated heterocycles. The summed E-state index contributed by atoms with van der Waals surface area (Å²) in [5.74, 6) is 1.98. The van der Waals surface area contributed by atoms with Crippen LogP contribution in [-0.2, 0) is 0 Å². The van der Waals surface area contributed by atoms with Gasteiger partial charge in [0.15, 0.2) is 5.16 Å². The maximum Gasteiger partial charge on any atom is 0.191 e. The first kappa shape index (κ1) is 17.7. The zero-order valence-electron chi connectivity index (χ0n) is 14.1. The van der Waals surface area contributed by atoms with Crippen molar-refractivity contribution < 1.29 is 10.2 Å². The zero-order valence-corrected chi connectivity index (χ0v) is 15.0. The van der Waals surface area contributed by atoms with Gasteiger partial charge in [0.25, 0.3) is 0 Å². The highest BCUT2D eigenvalue weighted by Gasteiger charge is 2.35. The van der Waals surface area contributed by atoms with Crippen LogP contribution in [0.3, 0.4) is 0 Å². The summed E-state index contributed by atoms with van der Waals surface area (Å²) in [5, 5.41) is 20.1. The molecular formula is C16H27N5O2S. The third-order valence-electron chi connectivity index (χ3n) is 5.08. The fraction of sp³-hybridized carbons (Fsp3) is 0.750. The first-order valence-electron chi connectivity index (χ1n) is 8.53. The minimum atomic E-state index is -0.149. The molecule has 2 aliphatic rings. The summed E-state index contributed by atoms with van der Waals surface area (Å²) in [7, 11) is 0. The lowest BCUT2D eigenvalue weighted by Gasteiger charge is -2.32. The summed E-state index contributed by atoms with van der Waals surface area (Å²) >= 11 is 1.48. The number of hydrogen-bond acceptors (Lipinski definition) is 8. The van der Waals surface area contributed by atoms with Crippen LogP contribution in [0.15, 0.2) is 11.2 Å². The van der Waals surface area contributed by atoms with Crippen LogP contribution in [0.1, 0.15) is 12.8 Å². The van der Waals surface area contributed by atoms with Gasteiger partial charge in [-0.1, -0.05) is 11.8 Å². The Morgan fingerprint density at radius 3 is 2.62 bits per heavy atom. The Morgan fingerprint density at radius 1 is 1.25 bits per heavy atom. The molecule has 4 N–H and O–H groups in total. The van der Waals surface area contributed by atoms with Crippen molar-refractivity contribution in [3.8, 4) is 0 Å². The van der Waals surface area contributed by atoms with Gasteiger partial charge in [0.2, 0.25) is 0 Å². The SMILES string of the molecule is CSc1nc(N)cc(N2C[C@@H](CN3CCC(O)CC3)[C@@H](CO)C2)n1. The van der Waals surface area contributed by atoms with Gasteiger partial charge in [-0.05, 0) is 25.0 Å². The highest BCUT2D eigenvalue weighted by molar-refractivity contribution is 7.98. The lowest BCUT2D eigenvalue weighted by atomic mass is 9.95. The summed E-state index contributed by atoms with van der Waals surface area (Å²) < 4.78 is 0. The summed E-state index contributed by atoms with van der Waals surface area (Å²) in [6.45, 7) is 4.69. The van der Waals surface area contributed by atoms with Crippen LogP contribution in [0.25, 0.3) is 0 Å². The third kappa shape index (κ3) is 4.11. The average Bonchev–Trinajstić information content (AvgIpc) is 2.99. The van der Waals surface area contributed by atoms with Gasteiger partial charge < -0.3 is 25.7 Å². The van der Waals surface area contributed by atoms with E-state index in [4.69, 9.17) is 5.73 Å². The van der Waals surface area contributed by atoms with Gasteiger partial charge in [-0.15, -0.1) is 0 Å². The molecule has 0 radical (unpaired) electrons. The highest BCUT2D eigenvalue weighted by atomic mass is 32.2. The Labute approximate surface area is 147 Å². The molecule has 0 aromatic carbocycles. The second kappa shape index (κ2) is 7.86. The van der Waals surface area contributed by atoms with Crippen LogP contribution in [0, 0.1) is 11.8 Å². The number of aliphatic hydroxyl groups is 2. The van der Waals surface area contributed by atoms with E-state index in [-0.39, 0.29) is 18.6 Å².